The highest BCUT2D eigenvalue weighted by atomic mass is 35.5. The smallest absolute Gasteiger partial charge is 0.357 e. The molecule has 1 N–H and O–H groups in total. The van der Waals surface area contributed by atoms with E-state index in [0.29, 0.717) is 16.6 Å². The summed E-state index contributed by atoms with van der Waals surface area (Å²) < 4.78 is 6.14. The number of ether oxygens (including phenoxy) is 1. The molecule has 0 aliphatic rings. The van der Waals surface area contributed by atoms with Crippen molar-refractivity contribution in [2.75, 3.05) is 18.3 Å². The Labute approximate surface area is 158 Å². The van der Waals surface area contributed by atoms with Gasteiger partial charge >= 0.3 is 5.97 Å². The van der Waals surface area contributed by atoms with Crippen molar-refractivity contribution < 1.29 is 14.3 Å². The van der Waals surface area contributed by atoms with E-state index < -0.39 is 5.97 Å². The number of thiazole rings is 1. The van der Waals surface area contributed by atoms with E-state index in [0.717, 1.165) is 11.1 Å². The molecule has 134 valence electrons. The zero-order valence-electron chi connectivity index (χ0n) is 14.0. The lowest BCUT2D eigenvalue weighted by molar-refractivity contribution is -0.114. The van der Waals surface area contributed by atoms with Crippen LogP contribution >= 0.6 is 22.9 Å². The number of rotatable bonds is 5. The van der Waals surface area contributed by atoms with Crippen LogP contribution in [0.25, 0.3) is 16.4 Å². The van der Waals surface area contributed by atoms with Crippen LogP contribution in [0.1, 0.15) is 16.1 Å². The lowest BCUT2D eigenvalue weighted by Gasteiger charge is -2.04. The molecule has 3 rings (SSSR count). The Morgan fingerprint density at radius 3 is 2.69 bits per heavy atom. The van der Waals surface area contributed by atoms with Crippen LogP contribution in [0.5, 0.6) is 0 Å². The molecule has 0 atom stereocenters. The molecule has 0 fully saturated rings. The molecule has 7 nitrogen and oxygen atoms in total. The Balaban J connectivity index is 2.04. The second-order valence-corrected chi connectivity index (χ2v) is 6.49. The van der Waals surface area contributed by atoms with Crippen molar-refractivity contribution >= 4 is 40.6 Å². The summed E-state index contributed by atoms with van der Waals surface area (Å²) in [6.07, 6.45) is 0. The number of amides is 1. The topological polar surface area (TPSA) is 86.1 Å². The van der Waals surface area contributed by atoms with E-state index in [9.17, 15) is 9.59 Å². The van der Waals surface area contributed by atoms with Crippen molar-refractivity contribution in [1.29, 1.82) is 0 Å². The zero-order chi connectivity index (χ0) is 18.7. The molecule has 26 heavy (non-hydrogen) atoms. The van der Waals surface area contributed by atoms with Gasteiger partial charge in [-0.2, -0.15) is 9.78 Å². The van der Waals surface area contributed by atoms with Gasteiger partial charge in [-0.3, -0.25) is 4.79 Å². The average Bonchev–Trinajstić information content (AvgIpc) is 3.28. The Bertz CT molecular complexity index is 949. The van der Waals surface area contributed by atoms with Gasteiger partial charge in [-0.15, -0.1) is 22.9 Å². The third-order valence-electron chi connectivity index (χ3n) is 3.51. The van der Waals surface area contributed by atoms with E-state index in [1.807, 2.05) is 31.2 Å². The highest BCUT2D eigenvalue weighted by molar-refractivity contribution is 7.12. The van der Waals surface area contributed by atoms with Crippen molar-refractivity contribution in [2.45, 2.75) is 6.92 Å². The Kier molecular flexibility index (Phi) is 5.34. The molecule has 0 bridgehead atoms. The van der Waals surface area contributed by atoms with Gasteiger partial charge in [-0.05, 0) is 6.92 Å². The van der Waals surface area contributed by atoms with E-state index in [2.05, 4.69) is 20.1 Å². The van der Waals surface area contributed by atoms with Crippen LogP contribution in [0, 0.1) is 6.92 Å². The van der Waals surface area contributed by atoms with Crippen LogP contribution in [-0.4, -0.2) is 39.6 Å². The number of hydrogen-bond donors (Lipinski definition) is 1. The summed E-state index contributed by atoms with van der Waals surface area (Å²) in [5, 5.41) is 9.21. The molecular weight excluding hydrogens is 376 g/mol. The molecule has 1 amide bonds. The summed E-state index contributed by atoms with van der Waals surface area (Å²) in [6, 6.07) is 9.57. The molecule has 0 saturated carbocycles. The van der Waals surface area contributed by atoms with Gasteiger partial charge in [-0.25, -0.2) is 9.78 Å². The fraction of sp³-hybridized carbons (Fsp3) is 0.176. The summed E-state index contributed by atoms with van der Waals surface area (Å²) >= 11 is 6.80. The number of aromatic nitrogens is 3. The van der Waals surface area contributed by atoms with E-state index in [4.69, 9.17) is 11.6 Å². The second kappa shape index (κ2) is 7.67. The van der Waals surface area contributed by atoms with Crippen molar-refractivity contribution in [2.24, 2.45) is 0 Å². The van der Waals surface area contributed by atoms with Crippen LogP contribution in [-0.2, 0) is 9.53 Å². The minimum absolute atomic E-state index is 0.175. The van der Waals surface area contributed by atoms with E-state index in [-0.39, 0.29) is 17.5 Å². The maximum Gasteiger partial charge on any atom is 0.357 e. The normalized spacial score (nSPS) is 10.6. The maximum atomic E-state index is 11.7. The number of aryl methyl sites for hydroxylation is 1. The fourth-order valence-electron chi connectivity index (χ4n) is 2.22. The van der Waals surface area contributed by atoms with Crippen molar-refractivity contribution in [3.63, 3.8) is 0 Å². The molecule has 1 aromatic carbocycles. The van der Waals surface area contributed by atoms with Crippen LogP contribution in [0.3, 0.4) is 0 Å². The number of nitrogens with one attached hydrogen (secondary N) is 1. The Morgan fingerprint density at radius 2 is 2.04 bits per heavy atom. The number of carbonyl (C=O) groups is 2. The number of benzene rings is 1. The Hall–Kier alpha value is -2.71. The molecule has 0 radical (unpaired) electrons. The van der Waals surface area contributed by atoms with Gasteiger partial charge in [-0.1, -0.05) is 29.8 Å². The van der Waals surface area contributed by atoms with Gasteiger partial charge < -0.3 is 10.1 Å². The average molecular weight is 391 g/mol. The third kappa shape index (κ3) is 3.76. The van der Waals surface area contributed by atoms with Crippen LogP contribution in [0.15, 0.2) is 35.7 Å². The number of hydrogen-bond acceptors (Lipinski definition) is 6. The monoisotopic (exact) mass is 390 g/mol. The largest absolute Gasteiger partial charge is 0.464 e. The minimum atomic E-state index is -0.537. The SMILES string of the molecule is COC(=O)c1csc(-n2nc(-c3ccc(C)cc3)cc2NC(=O)CCl)n1. The standard InChI is InChI=1S/C17H15ClN4O3S/c1-10-3-5-11(6-4-10)12-7-14(20-15(23)8-18)22(21-12)17-19-13(9-26-17)16(24)25-2/h3-7,9H,8H2,1-2H3,(H,20,23). The van der Waals surface area contributed by atoms with Gasteiger partial charge in [0, 0.05) is 17.0 Å². The summed E-state index contributed by atoms with van der Waals surface area (Å²) in [4.78, 5) is 27.6. The summed E-state index contributed by atoms with van der Waals surface area (Å²) in [6.45, 7) is 2.00. The first-order valence-electron chi connectivity index (χ1n) is 7.59. The number of esters is 1. The highest BCUT2D eigenvalue weighted by Crippen LogP contribution is 2.26. The van der Waals surface area contributed by atoms with E-state index in [1.54, 1.807) is 11.4 Å². The lowest BCUT2D eigenvalue weighted by Crippen LogP contribution is -2.15. The first-order valence-corrected chi connectivity index (χ1v) is 9.00. The summed E-state index contributed by atoms with van der Waals surface area (Å²) in [5.74, 6) is -0.675. The summed E-state index contributed by atoms with van der Waals surface area (Å²) in [5.41, 5.74) is 2.85. The van der Waals surface area contributed by atoms with Gasteiger partial charge in [0.25, 0.3) is 0 Å². The number of nitrogens with zero attached hydrogens (tertiary/aromatic N) is 3. The third-order valence-corrected chi connectivity index (χ3v) is 4.57. The molecule has 9 heteroatoms. The van der Waals surface area contributed by atoms with E-state index in [1.165, 1.54) is 23.1 Å². The number of halogens is 1. The molecule has 0 saturated heterocycles. The van der Waals surface area contributed by atoms with Crippen molar-refractivity contribution in [3.05, 3.63) is 47.0 Å². The van der Waals surface area contributed by atoms with Crippen molar-refractivity contribution in [1.82, 2.24) is 14.8 Å². The number of anilines is 1. The molecular formula is C17H15ClN4O3S. The molecule has 2 aromatic heterocycles. The van der Waals surface area contributed by atoms with Gasteiger partial charge in [0.05, 0.1) is 12.8 Å². The van der Waals surface area contributed by atoms with Crippen LogP contribution in [0.2, 0.25) is 0 Å². The zero-order valence-corrected chi connectivity index (χ0v) is 15.6. The number of methoxy groups -OCH3 is 1. The van der Waals surface area contributed by atoms with E-state index >= 15 is 0 Å². The highest BCUT2D eigenvalue weighted by Gasteiger charge is 2.18. The van der Waals surface area contributed by atoms with Crippen molar-refractivity contribution in [3.8, 4) is 16.4 Å². The molecule has 0 unspecified atom stereocenters. The molecule has 3 aromatic rings. The van der Waals surface area contributed by atoms with Crippen LogP contribution < -0.4 is 5.32 Å². The lowest BCUT2D eigenvalue weighted by atomic mass is 10.1. The number of alkyl halides is 1. The first-order chi connectivity index (χ1) is 12.5. The molecule has 0 spiro atoms. The first kappa shape index (κ1) is 18.1. The predicted octanol–water partition coefficient (Wildman–Crippen LogP) is 3.27. The maximum absolute atomic E-state index is 11.7. The summed E-state index contributed by atoms with van der Waals surface area (Å²) in [7, 11) is 1.29. The Morgan fingerprint density at radius 1 is 1.31 bits per heavy atom. The second-order valence-electron chi connectivity index (χ2n) is 5.38. The van der Waals surface area contributed by atoms with Gasteiger partial charge in [0.2, 0.25) is 11.0 Å². The minimum Gasteiger partial charge on any atom is -0.464 e. The predicted molar refractivity (Wildman–Crippen MR) is 100 cm³/mol. The van der Waals surface area contributed by atoms with Gasteiger partial charge in [0.15, 0.2) is 5.69 Å². The molecule has 0 aliphatic carbocycles. The fourth-order valence-corrected chi connectivity index (χ4v) is 3.04. The van der Waals surface area contributed by atoms with Crippen LogP contribution in [0.4, 0.5) is 5.82 Å². The van der Waals surface area contributed by atoms with Gasteiger partial charge in [0.1, 0.15) is 11.7 Å². The molecule has 0 aliphatic heterocycles. The quantitative estimate of drug-likeness (QED) is 0.533. The molecule has 2 heterocycles. The number of carbonyl (C=O) groups excluding carboxylic acids is 2.